The van der Waals surface area contributed by atoms with Crippen LogP contribution in [-0.2, 0) is 0 Å². The maximum atomic E-state index is 5.32. The first-order chi connectivity index (χ1) is 6.90. The summed E-state index contributed by atoms with van der Waals surface area (Å²) in [5.41, 5.74) is 7.49. The van der Waals surface area contributed by atoms with Crippen molar-refractivity contribution in [1.82, 2.24) is 20.4 Å². The zero-order valence-corrected chi connectivity index (χ0v) is 9.94. The van der Waals surface area contributed by atoms with Crippen LogP contribution in [0.3, 0.4) is 0 Å². The number of rotatable bonds is 1. The van der Waals surface area contributed by atoms with Gasteiger partial charge < -0.3 is 5.73 Å². The number of hydrogen-bond acceptors (Lipinski definition) is 4. The molecule has 0 amide bonds. The second kappa shape index (κ2) is 7.01. The van der Waals surface area contributed by atoms with E-state index >= 15 is 0 Å². The predicted molar refractivity (Wildman–Crippen MR) is 66.7 cm³/mol. The van der Waals surface area contributed by atoms with Crippen LogP contribution in [-0.4, -0.2) is 26.9 Å². The Kier molecular flexibility index (Phi) is 6.42. The normalized spacial score (nSPS) is 8.56. The van der Waals surface area contributed by atoms with Gasteiger partial charge in [0.2, 0.25) is 5.65 Å². The Morgan fingerprint density at radius 2 is 2.12 bits per heavy atom. The number of H-pyrrole nitrogens is 1. The molecule has 0 radical (unpaired) electrons. The van der Waals surface area contributed by atoms with E-state index in [0.717, 1.165) is 11.1 Å². The molecule has 2 heterocycles. The van der Waals surface area contributed by atoms with E-state index in [2.05, 4.69) is 32.2 Å². The molecule has 16 heavy (non-hydrogen) atoms. The molecule has 0 aliphatic heterocycles. The third-order valence-corrected chi connectivity index (χ3v) is 1.68. The molecule has 0 aliphatic carbocycles. The smallest absolute Gasteiger partial charge is 0.201 e. The summed E-state index contributed by atoms with van der Waals surface area (Å²) in [5.74, 6) is 5.89. The molecule has 0 aliphatic rings. The van der Waals surface area contributed by atoms with Crippen LogP contribution in [0.2, 0.25) is 0 Å². The summed E-state index contributed by atoms with van der Waals surface area (Å²) in [5, 5.41) is 10.3. The molecule has 2 aromatic rings. The number of nitrogens with zero attached hydrogens (tertiary/aromatic N) is 3. The summed E-state index contributed by atoms with van der Waals surface area (Å²) in [4.78, 5) is 4.08. The van der Waals surface area contributed by atoms with Crippen molar-refractivity contribution >= 4 is 36.0 Å². The topological polar surface area (TPSA) is 80.5 Å². The van der Waals surface area contributed by atoms with Gasteiger partial charge in [-0.1, -0.05) is 11.8 Å². The fourth-order valence-electron chi connectivity index (χ4n) is 1.05. The van der Waals surface area contributed by atoms with E-state index in [-0.39, 0.29) is 24.8 Å². The molecule has 0 bridgehead atoms. The largest absolute Gasteiger partial charge is 0.330 e. The van der Waals surface area contributed by atoms with Gasteiger partial charge in [-0.3, -0.25) is 0 Å². The van der Waals surface area contributed by atoms with E-state index in [1.807, 2.05) is 6.07 Å². The number of pyridine rings is 1. The minimum absolute atomic E-state index is 0. The lowest BCUT2D eigenvalue weighted by atomic mass is 10.2. The maximum absolute atomic E-state index is 5.32. The Morgan fingerprint density at radius 1 is 1.31 bits per heavy atom. The van der Waals surface area contributed by atoms with Crippen LogP contribution < -0.4 is 5.73 Å². The summed E-state index contributed by atoms with van der Waals surface area (Å²) < 4.78 is 0. The van der Waals surface area contributed by atoms with Crippen molar-refractivity contribution in [2.75, 3.05) is 6.54 Å². The van der Waals surface area contributed by atoms with Gasteiger partial charge in [0.05, 0.1) is 0 Å². The van der Waals surface area contributed by atoms with Crippen molar-refractivity contribution in [2.45, 2.75) is 6.42 Å². The van der Waals surface area contributed by atoms with E-state index < -0.39 is 0 Å². The van der Waals surface area contributed by atoms with E-state index in [4.69, 9.17) is 5.73 Å². The molecule has 0 spiro atoms. The molecule has 2 aromatic heterocycles. The van der Waals surface area contributed by atoms with Crippen LogP contribution in [0.25, 0.3) is 11.2 Å². The van der Waals surface area contributed by atoms with Gasteiger partial charge in [-0.25, -0.2) is 4.98 Å². The first kappa shape index (κ1) is 14.6. The first-order valence-corrected chi connectivity index (χ1v) is 4.25. The van der Waals surface area contributed by atoms with Gasteiger partial charge >= 0.3 is 0 Å². The van der Waals surface area contributed by atoms with Crippen molar-refractivity contribution in [3.05, 3.63) is 17.8 Å². The minimum atomic E-state index is 0. The predicted octanol–water partition coefficient (Wildman–Crippen LogP) is 0.897. The average Bonchev–Trinajstić information content (AvgIpc) is 2.65. The van der Waals surface area contributed by atoms with Crippen molar-refractivity contribution in [2.24, 2.45) is 5.73 Å². The molecule has 0 aromatic carbocycles. The zero-order chi connectivity index (χ0) is 9.80. The Balaban J connectivity index is 0.00000112. The summed E-state index contributed by atoms with van der Waals surface area (Å²) in [7, 11) is 0. The second-order valence-electron chi connectivity index (χ2n) is 2.73. The SMILES string of the molecule is Cl.Cl.NCCC#Cc1cnc2n[nH]nc2c1. The highest BCUT2D eigenvalue weighted by molar-refractivity contribution is 5.85. The summed E-state index contributed by atoms with van der Waals surface area (Å²) in [6, 6.07) is 1.84. The molecule has 0 unspecified atom stereocenters. The molecule has 0 atom stereocenters. The van der Waals surface area contributed by atoms with Gasteiger partial charge in [0.25, 0.3) is 0 Å². The molecule has 2 rings (SSSR count). The van der Waals surface area contributed by atoms with Crippen LogP contribution in [0.1, 0.15) is 12.0 Å². The quantitative estimate of drug-likeness (QED) is 0.746. The lowest BCUT2D eigenvalue weighted by molar-refractivity contribution is 0.954. The Bertz CT molecular complexity index is 499. The van der Waals surface area contributed by atoms with Crippen molar-refractivity contribution in [3.8, 4) is 11.8 Å². The highest BCUT2D eigenvalue weighted by Crippen LogP contribution is 2.05. The van der Waals surface area contributed by atoms with Crippen LogP contribution in [0, 0.1) is 11.8 Å². The number of aromatic amines is 1. The highest BCUT2D eigenvalue weighted by atomic mass is 35.5. The molecule has 0 saturated carbocycles. The average molecular weight is 260 g/mol. The molecule has 3 N–H and O–H groups in total. The second-order valence-corrected chi connectivity index (χ2v) is 2.73. The third-order valence-electron chi connectivity index (χ3n) is 1.68. The molecule has 0 fully saturated rings. The molecular formula is C9H11Cl2N5. The molecule has 86 valence electrons. The van der Waals surface area contributed by atoms with Gasteiger partial charge in [0, 0.05) is 24.7 Å². The summed E-state index contributed by atoms with van der Waals surface area (Å²) in [6.07, 6.45) is 2.37. The Labute approximate surface area is 105 Å². The Hall–Kier alpha value is -1.35. The van der Waals surface area contributed by atoms with Crippen LogP contribution in [0.5, 0.6) is 0 Å². The van der Waals surface area contributed by atoms with Crippen molar-refractivity contribution in [3.63, 3.8) is 0 Å². The van der Waals surface area contributed by atoms with Gasteiger partial charge in [0.15, 0.2) is 0 Å². The van der Waals surface area contributed by atoms with Crippen molar-refractivity contribution in [1.29, 1.82) is 0 Å². The number of halogens is 2. The minimum Gasteiger partial charge on any atom is -0.330 e. The highest BCUT2D eigenvalue weighted by Gasteiger charge is 1.98. The van der Waals surface area contributed by atoms with E-state index in [1.165, 1.54) is 0 Å². The standard InChI is InChI=1S/C9H9N5.2ClH/c10-4-2-1-3-7-5-8-9(11-6-7)13-14-12-8;;/h5-6H,2,4,10H2,(H,11,12,13,14);2*1H. The summed E-state index contributed by atoms with van der Waals surface area (Å²) in [6.45, 7) is 0.576. The van der Waals surface area contributed by atoms with Gasteiger partial charge in [-0.2, -0.15) is 10.3 Å². The van der Waals surface area contributed by atoms with Gasteiger partial charge in [0.1, 0.15) is 5.52 Å². The van der Waals surface area contributed by atoms with Crippen LogP contribution in [0.4, 0.5) is 0 Å². The summed E-state index contributed by atoms with van der Waals surface area (Å²) >= 11 is 0. The number of hydrogen-bond donors (Lipinski definition) is 2. The monoisotopic (exact) mass is 259 g/mol. The van der Waals surface area contributed by atoms with Crippen LogP contribution in [0.15, 0.2) is 12.3 Å². The maximum Gasteiger partial charge on any atom is 0.201 e. The molecule has 7 heteroatoms. The van der Waals surface area contributed by atoms with E-state index in [9.17, 15) is 0 Å². The molecular weight excluding hydrogens is 249 g/mol. The zero-order valence-electron chi connectivity index (χ0n) is 8.30. The fraction of sp³-hybridized carbons (Fsp3) is 0.222. The fourth-order valence-corrected chi connectivity index (χ4v) is 1.05. The van der Waals surface area contributed by atoms with Gasteiger partial charge in [-0.15, -0.1) is 29.9 Å². The first-order valence-electron chi connectivity index (χ1n) is 4.25. The van der Waals surface area contributed by atoms with E-state index in [1.54, 1.807) is 6.20 Å². The van der Waals surface area contributed by atoms with Crippen molar-refractivity contribution < 1.29 is 0 Å². The number of nitrogens with one attached hydrogen (secondary N) is 1. The molecule has 0 saturated heterocycles. The third kappa shape index (κ3) is 3.35. The number of aromatic nitrogens is 4. The number of nitrogens with two attached hydrogens (primary N) is 1. The van der Waals surface area contributed by atoms with Gasteiger partial charge in [-0.05, 0) is 6.07 Å². The van der Waals surface area contributed by atoms with E-state index in [0.29, 0.717) is 18.6 Å². The lowest BCUT2D eigenvalue weighted by Gasteiger charge is -1.87. The number of fused-ring (bicyclic) bond motifs is 1. The lowest BCUT2D eigenvalue weighted by Crippen LogP contribution is -1.95. The van der Waals surface area contributed by atoms with Crippen LogP contribution >= 0.6 is 24.8 Å². The Morgan fingerprint density at radius 3 is 2.88 bits per heavy atom. The molecule has 5 nitrogen and oxygen atoms in total.